The van der Waals surface area contributed by atoms with Crippen molar-refractivity contribution in [3.05, 3.63) is 59.7 Å². The van der Waals surface area contributed by atoms with Gasteiger partial charge in [0.05, 0.1) is 6.04 Å². The molecule has 2 aromatic rings. The van der Waals surface area contributed by atoms with Gasteiger partial charge in [-0.15, -0.1) is 0 Å². The van der Waals surface area contributed by atoms with Gasteiger partial charge < -0.3 is 10.0 Å². The van der Waals surface area contributed by atoms with Crippen LogP contribution in [0.5, 0.6) is 5.75 Å². The van der Waals surface area contributed by atoms with Crippen LogP contribution in [-0.2, 0) is 4.79 Å². The Labute approximate surface area is 136 Å². The van der Waals surface area contributed by atoms with E-state index in [9.17, 15) is 9.90 Å². The Balaban J connectivity index is 1.79. The predicted octanol–water partition coefficient (Wildman–Crippen LogP) is 4.00. The summed E-state index contributed by atoms with van der Waals surface area (Å²) in [5.74, 6) is 0.719. The first-order valence-corrected chi connectivity index (χ1v) is 8.30. The van der Waals surface area contributed by atoms with Gasteiger partial charge in [-0.1, -0.05) is 29.8 Å². The van der Waals surface area contributed by atoms with Crippen molar-refractivity contribution in [2.75, 3.05) is 4.90 Å². The molecule has 3 fully saturated rings. The van der Waals surface area contributed by atoms with E-state index in [1.54, 1.807) is 12.1 Å². The summed E-state index contributed by atoms with van der Waals surface area (Å²) in [6.07, 6.45) is 2.71. The van der Waals surface area contributed by atoms with Gasteiger partial charge in [0.2, 0.25) is 0 Å². The first-order valence-electron chi connectivity index (χ1n) is 8.30. The Morgan fingerprint density at radius 3 is 2.35 bits per heavy atom. The van der Waals surface area contributed by atoms with E-state index in [0.29, 0.717) is 12.2 Å². The number of aromatic hydroxyl groups is 1. The molecule has 2 bridgehead atoms. The van der Waals surface area contributed by atoms with E-state index in [4.69, 9.17) is 0 Å². The van der Waals surface area contributed by atoms with E-state index in [2.05, 4.69) is 36.1 Å². The van der Waals surface area contributed by atoms with Gasteiger partial charge >= 0.3 is 0 Å². The van der Waals surface area contributed by atoms with Gasteiger partial charge in [0.1, 0.15) is 11.5 Å². The molecule has 0 amide bonds. The summed E-state index contributed by atoms with van der Waals surface area (Å²) in [7, 11) is 0. The fraction of sp³-hybridized carbons (Fsp3) is 0.350. The molecule has 3 aliphatic rings. The maximum Gasteiger partial charge on any atom is 0.140 e. The molecule has 2 aromatic carbocycles. The van der Waals surface area contributed by atoms with Crippen molar-refractivity contribution in [1.82, 2.24) is 0 Å². The summed E-state index contributed by atoms with van der Waals surface area (Å²) in [6, 6.07) is 16.3. The highest BCUT2D eigenvalue weighted by Gasteiger charge is 2.47. The molecule has 2 heterocycles. The fourth-order valence-corrected chi connectivity index (χ4v) is 4.16. The molecular formula is C20H21NO2. The first-order chi connectivity index (χ1) is 11.1. The number of hydrogen-bond donors (Lipinski definition) is 1. The Morgan fingerprint density at radius 2 is 1.70 bits per heavy atom. The van der Waals surface area contributed by atoms with Crippen molar-refractivity contribution < 1.29 is 9.90 Å². The minimum atomic E-state index is 0.0610. The van der Waals surface area contributed by atoms with Crippen LogP contribution < -0.4 is 4.90 Å². The second kappa shape index (κ2) is 5.41. The number of ketones is 1. The highest BCUT2D eigenvalue weighted by Crippen LogP contribution is 2.48. The number of aryl methyl sites for hydroxylation is 1. The van der Waals surface area contributed by atoms with Crippen LogP contribution >= 0.6 is 0 Å². The molecule has 0 spiro atoms. The highest BCUT2D eigenvalue weighted by atomic mass is 16.3. The Kier molecular flexibility index (Phi) is 3.37. The van der Waals surface area contributed by atoms with Crippen LogP contribution in [0.2, 0.25) is 0 Å². The van der Waals surface area contributed by atoms with Crippen LogP contribution in [0.1, 0.15) is 36.4 Å². The average molecular weight is 307 g/mol. The molecule has 5 rings (SSSR count). The quantitative estimate of drug-likeness (QED) is 0.911. The standard InChI is InChI=1S/C20H21NO2/c1-13-2-6-15(7-3-13)21-16-8-11-18(19(23)12-16)20(21)14-4-9-17(22)10-5-14/h2-7,9-10,16,18,20,22H,8,11-12H2,1H3. The zero-order valence-electron chi connectivity index (χ0n) is 13.3. The molecule has 1 saturated carbocycles. The lowest BCUT2D eigenvalue weighted by Crippen LogP contribution is -2.54. The second-order valence-electron chi connectivity index (χ2n) is 6.79. The number of carbonyl (C=O) groups excluding carboxylic acids is 1. The summed E-state index contributed by atoms with van der Waals surface area (Å²) in [5.41, 5.74) is 3.55. The van der Waals surface area contributed by atoms with E-state index in [0.717, 1.165) is 18.4 Å². The topological polar surface area (TPSA) is 40.5 Å². The number of anilines is 1. The van der Waals surface area contributed by atoms with Crippen molar-refractivity contribution in [3.63, 3.8) is 0 Å². The fourth-order valence-electron chi connectivity index (χ4n) is 4.16. The third-order valence-corrected chi connectivity index (χ3v) is 5.30. The van der Waals surface area contributed by atoms with Gasteiger partial charge in [-0.2, -0.15) is 0 Å². The second-order valence-corrected chi connectivity index (χ2v) is 6.79. The molecular weight excluding hydrogens is 286 g/mol. The van der Waals surface area contributed by atoms with Crippen molar-refractivity contribution in [2.45, 2.75) is 38.3 Å². The lowest BCUT2D eigenvalue weighted by atomic mass is 9.71. The largest absolute Gasteiger partial charge is 0.508 e. The smallest absolute Gasteiger partial charge is 0.140 e. The third kappa shape index (κ3) is 2.40. The maximum atomic E-state index is 12.5. The maximum absolute atomic E-state index is 12.5. The Hall–Kier alpha value is -2.29. The number of piperidine rings is 2. The van der Waals surface area contributed by atoms with Gasteiger partial charge in [0.25, 0.3) is 0 Å². The van der Waals surface area contributed by atoms with Gasteiger partial charge in [-0.05, 0) is 49.6 Å². The van der Waals surface area contributed by atoms with Gasteiger partial charge in [-0.25, -0.2) is 0 Å². The zero-order valence-corrected chi connectivity index (χ0v) is 13.3. The zero-order chi connectivity index (χ0) is 16.0. The number of benzene rings is 2. The summed E-state index contributed by atoms with van der Waals surface area (Å²) in [5, 5.41) is 9.57. The number of hydrogen-bond acceptors (Lipinski definition) is 3. The lowest BCUT2D eigenvalue weighted by molar-refractivity contribution is -0.128. The van der Waals surface area contributed by atoms with Crippen molar-refractivity contribution in [1.29, 1.82) is 0 Å². The van der Waals surface area contributed by atoms with Crippen LogP contribution in [0, 0.1) is 12.8 Å². The van der Waals surface area contributed by atoms with E-state index < -0.39 is 0 Å². The molecule has 2 aliphatic heterocycles. The van der Waals surface area contributed by atoms with E-state index in [-0.39, 0.29) is 23.8 Å². The summed E-state index contributed by atoms with van der Waals surface area (Å²) in [4.78, 5) is 14.9. The molecule has 118 valence electrons. The van der Waals surface area contributed by atoms with E-state index >= 15 is 0 Å². The summed E-state index contributed by atoms with van der Waals surface area (Å²) < 4.78 is 0. The monoisotopic (exact) mass is 307 g/mol. The number of Topliss-reactive ketones (excluding diaryl/α,β-unsaturated/α-hetero) is 1. The van der Waals surface area contributed by atoms with Crippen LogP contribution in [0.4, 0.5) is 5.69 Å². The number of phenols is 1. The van der Waals surface area contributed by atoms with E-state index in [1.807, 2.05) is 12.1 Å². The van der Waals surface area contributed by atoms with E-state index in [1.165, 1.54) is 11.3 Å². The number of fused-ring (bicyclic) bond motifs is 3. The molecule has 0 radical (unpaired) electrons. The lowest BCUT2D eigenvalue weighted by Gasteiger charge is -2.52. The number of rotatable bonds is 2. The molecule has 3 atom stereocenters. The average Bonchev–Trinajstić information content (AvgIpc) is 2.56. The predicted molar refractivity (Wildman–Crippen MR) is 90.6 cm³/mol. The van der Waals surface area contributed by atoms with Crippen LogP contribution in [0.3, 0.4) is 0 Å². The van der Waals surface area contributed by atoms with Gasteiger partial charge in [0.15, 0.2) is 0 Å². The molecule has 3 heteroatoms. The Bertz CT molecular complexity index is 720. The van der Waals surface area contributed by atoms with Crippen molar-refractivity contribution in [2.24, 2.45) is 5.92 Å². The minimum absolute atomic E-state index is 0.0610. The number of carbonyl (C=O) groups is 1. The molecule has 3 nitrogen and oxygen atoms in total. The van der Waals surface area contributed by atoms with Gasteiger partial charge in [0, 0.05) is 24.1 Å². The van der Waals surface area contributed by atoms with Crippen molar-refractivity contribution >= 4 is 11.5 Å². The SMILES string of the molecule is Cc1ccc(N2C3CCC(C(=O)C3)C2c2ccc(O)cc2)cc1. The van der Waals surface area contributed by atoms with Crippen LogP contribution in [0.15, 0.2) is 48.5 Å². The normalized spacial score (nSPS) is 26.6. The molecule has 23 heavy (non-hydrogen) atoms. The first kappa shape index (κ1) is 14.3. The Morgan fingerprint density at radius 1 is 1.00 bits per heavy atom. The van der Waals surface area contributed by atoms with Crippen LogP contribution in [0.25, 0.3) is 0 Å². The summed E-state index contributed by atoms with van der Waals surface area (Å²) >= 11 is 0. The van der Waals surface area contributed by atoms with Crippen molar-refractivity contribution in [3.8, 4) is 5.75 Å². The molecule has 2 saturated heterocycles. The summed E-state index contributed by atoms with van der Waals surface area (Å²) in [6.45, 7) is 2.09. The number of nitrogens with zero attached hydrogens (tertiary/aromatic N) is 1. The molecule has 3 unspecified atom stereocenters. The molecule has 1 aliphatic carbocycles. The third-order valence-electron chi connectivity index (χ3n) is 5.30. The molecule has 0 aromatic heterocycles. The highest BCUT2D eigenvalue weighted by molar-refractivity contribution is 5.86. The molecule has 1 N–H and O–H groups in total. The minimum Gasteiger partial charge on any atom is -0.508 e. The van der Waals surface area contributed by atoms with Gasteiger partial charge in [-0.3, -0.25) is 4.79 Å². The van der Waals surface area contributed by atoms with Crippen LogP contribution in [-0.4, -0.2) is 16.9 Å². The number of phenolic OH excluding ortho intramolecular Hbond substituents is 1.